The summed E-state index contributed by atoms with van der Waals surface area (Å²) in [4.78, 5) is 21.9. The molecule has 0 amide bonds. The van der Waals surface area contributed by atoms with Crippen LogP contribution in [0.15, 0.2) is 4.79 Å². The summed E-state index contributed by atoms with van der Waals surface area (Å²) in [7, 11) is 0. The largest absolute Gasteiger partial charge is 0.309 e. The lowest BCUT2D eigenvalue weighted by Crippen LogP contribution is -2.34. The van der Waals surface area contributed by atoms with E-state index >= 15 is 0 Å². The predicted molar refractivity (Wildman–Crippen MR) is 85.8 cm³/mol. The molecule has 0 aromatic carbocycles. The number of hydrogen-bond donors (Lipinski definition) is 2. The number of nitrogens with one attached hydrogen (secondary N) is 2. The molecular weight excluding hydrogens is 282 g/mol. The summed E-state index contributed by atoms with van der Waals surface area (Å²) in [6.07, 6.45) is 5.48. The van der Waals surface area contributed by atoms with E-state index in [9.17, 15) is 4.79 Å². The van der Waals surface area contributed by atoms with Gasteiger partial charge in [0.25, 0.3) is 5.56 Å². The molecule has 21 heavy (non-hydrogen) atoms. The number of aryl methyl sites for hydroxylation is 2. The maximum Gasteiger partial charge on any atom is 0.259 e. The molecular formula is C16H21N3OS. The number of hydrogen-bond acceptors (Lipinski definition) is 4. The van der Waals surface area contributed by atoms with Gasteiger partial charge in [-0.1, -0.05) is 6.42 Å². The first kappa shape index (κ1) is 13.5. The molecule has 2 aromatic rings. The molecule has 3 atom stereocenters. The second-order valence-electron chi connectivity index (χ2n) is 6.64. The molecule has 0 radical (unpaired) electrons. The maximum atomic E-state index is 12.2. The van der Waals surface area contributed by atoms with Gasteiger partial charge in [-0.2, -0.15) is 0 Å². The van der Waals surface area contributed by atoms with Crippen molar-refractivity contribution < 1.29 is 0 Å². The Morgan fingerprint density at radius 3 is 2.90 bits per heavy atom. The van der Waals surface area contributed by atoms with Crippen LogP contribution in [-0.2, 0) is 6.54 Å². The van der Waals surface area contributed by atoms with E-state index in [1.165, 1.54) is 30.6 Å². The molecule has 112 valence electrons. The number of aromatic amines is 1. The van der Waals surface area contributed by atoms with Crippen molar-refractivity contribution in [2.45, 2.75) is 52.1 Å². The Hall–Kier alpha value is -1.20. The van der Waals surface area contributed by atoms with E-state index < -0.39 is 0 Å². The van der Waals surface area contributed by atoms with Gasteiger partial charge < -0.3 is 10.3 Å². The molecule has 2 N–H and O–H groups in total. The molecule has 2 saturated carbocycles. The summed E-state index contributed by atoms with van der Waals surface area (Å²) >= 11 is 1.62. The summed E-state index contributed by atoms with van der Waals surface area (Å²) in [5.74, 6) is 2.55. The lowest BCUT2D eigenvalue weighted by molar-refractivity contribution is 0.348. The zero-order valence-corrected chi connectivity index (χ0v) is 13.3. The summed E-state index contributed by atoms with van der Waals surface area (Å²) in [5.41, 5.74) is 1.07. The van der Waals surface area contributed by atoms with Crippen molar-refractivity contribution in [1.82, 2.24) is 15.3 Å². The Kier molecular flexibility index (Phi) is 3.15. The average molecular weight is 303 g/mol. The summed E-state index contributed by atoms with van der Waals surface area (Å²) in [5, 5.41) is 4.38. The number of aromatic nitrogens is 2. The smallest absolute Gasteiger partial charge is 0.259 e. The number of fused-ring (bicyclic) bond motifs is 3. The number of thiophene rings is 1. The molecule has 2 aliphatic rings. The van der Waals surface area contributed by atoms with Gasteiger partial charge >= 0.3 is 0 Å². The van der Waals surface area contributed by atoms with E-state index in [-0.39, 0.29) is 5.56 Å². The lowest BCUT2D eigenvalue weighted by Gasteiger charge is -2.22. The molecule has 0 aliphatic heterocycles. The van der Waals surface area contributed by atoms with E-state index in [4.69, 9.17) is 0 Å². The summed E-state index contributed by atoms with van der Waals surface area (Å²) in [6.45, 7) is 4.72. The first-order valence-corrected chi connectivity index (χ1v) is 8.65. The van der Waals surface area contributed by atoms with Crippen molar-refractivity contribution in [3.8, 4) is 0 Å². The SMILES string of the molecule is Cc1sc2nc(CNC3CC4CCC3C4)[nH]c(=O)c2c1C. The van der Waals surface area contributed by atoms with Crippen molar-refractivity contribution in [3.63, 3.8) is 0 Å². The normalized spacial score (nSPS) is 27.8. The van der Waals surface area contributed by atoms with Crippen LogP contribution in [0.5, 0.6) is 0 Å². The first-order chi connectivity index (χ1) is 10.1. The third-order valence-corrected chi connectivity index (χ3v) is 6.46. The fourth-order valence-electron chi connectivity index (χ4n) is 4.11. The van der Waals surface area contributed by atoms with Gasteiger partial charge in [-0.25, -0.2) is 4.98 Å². The minimum atomic E-state index is 0.00610. The molecule has 2 heterocycles. The van der Waals surface area contributed by atoms with Crippen molar-refractivity contribution >= 4 is 21.6 Å². The van der Waals surface area contributed by atoms with E-state index in [1.54, 1.807) is 11.3 Å². The van der Waals surface area contributed by atoms with E-state index in [0.717, 1.165) is 33.4 Å². The van der Waals surface area contributed by atoms with Crippen molar-refractivity contribution in [2.75, 3.05) is 0 Å². The van der Waals surface area contributed by atoms with Crippen LogP contribution in [0.3, 0.4) is 0 Å². The highest BCUT2D eigenvalue weighted by Crippen LogP contribution is 2.44. The second kappa shape index (κ2) is 4.92. The Balaban J connectivity index is 1.55. The Morgan fingerprint density at radius 2 is 2.19 bits per heavy atom. The summed E-state index contributed by atoms with van der Waals surface area (Å²) in [6, 6.07) is 0.622. The van der Waals surface area contributed by atoms with Crippen LogP contribution in [-0.4, -0.2) is 16.0 Å². The molecule has 2 fully saturated rings. The minimum absolute atomic E-state index is 0.00610. The molecule has 0 saturated heterocycles. The standard InChI is InChI=1S/C16H21N3OS/c1-8-9(2)21-16-14(8)15(20)18-13(19-16)7-17-12-6-10-3-4-11(12)5-10/h10-12,17H,3-7H2,1-2H3,(H,18,19,20). The topological polar surface area (TPSA) is 57.8 Å². The fraction of sp³-hybridized carbons (Fsp3) is 0.625. The Morgan fingerprint density at radius 1 is 1.33 bits per heavy atom. The van der Waals surface area contributed by atoms with Crippen LogP contribution >= 0.6 is 11.3 Å². The molecule has 2 aromatic heterocycles. The van der Waals surface area contributed by atoms with E-state index in [1.807, 2.05) is 13.8 Å². The molecule has 4 nitrogen and oxygen atoms in total. The van der Waals surface area contributed by atoms with Crippen LogP contribution in [0, 0.1) is 25.7 Å². The maximum absolute atomic E-state index is 12.2. The quantitative estimate of drug-likeness (QED) is 0.916. The highest BCUT2D eigenvalue weighted by atomic mass is 32.1. The van der Waals surface area contributed by atoms with Crippen molar-refractivity contribution in [3.05, 3.63) is 26.6 Å². The molecule has 2 bridgehead atoms. The summed E-state index contributed by atoms with van der Waals surface area (Å²) < 4.78 is 0. The van der Waals surface area contributed by atoms with Crippen LogP contribution in [0.4, 0.5) is 0 Å². The van der Waals surface area contributed by atoms with Crippen LogP contribution < -0.4 is 10.9 Å². The van der Waals surface area contributed by atoms with Crippen LogP contribution in [0.2, 0.25) is 0 Å². The van der Waals surface area contributed by atoms with E-state index in [2.05, 4.69) is 15.3 Å². The van der Waals surface area contributed by atoms with Crippen molar-refractivity contribution in [1.29, 1.82) is 0 Å². The predicted octanol–water partition coefficient (Wildman–Crippen LogP) is 2.88. The van der Waals surface area contributed by atoms with Crippen LogP contribution in [0.1, 0.15) is 41.9 Å². The third kappa shape index (κ3) is 2.23. The second-order valence-corrected chi connectivity index (χ2v) is 7.84. The zero-order valence-electron chi connectivity index (χ0n) is 12.5. The number of H-pyrrole nitrogens is 1. The van der Waals surface area contributed by atoms with Gasteiger partial charge in [0.15, 0.2) is 0 Å². The minimum Gasteiger partial charge on any atom is -0.309 e. The van der Waals surface area contributed by atoms with Gasteiger partial charge in [0.1, 0.15) is 10.7 Å². The monoisotopic (exact) mass is 303 g/mol. The first-order valence-electron chi connectivity index (χ1n) is 7.84. The third-order valence-electron chi connectivity index (χ3n) is 5.36. The van der Waals surface area contributed by atoms with E-state index in [0.29, 0.717) is 12.6 Å². The highest BCUT2D eigenvalue weighted by molar-refractivity contribution is 7.18. The molecule has 4 rings (SSSR count). The molecule has 3 unspecified atom stereocenters. The molecule has 0 spiro atoms. The zero-order chi connectivity index (χ0) is 14.6. The lowest BCUT2D eigenvalue weighted by atomic mass is 9.95. The number of rotatable bonds is 3. The Bertz CT molecular complexity index is 748. The van der Waals surface area contributed by atoms with Gasteiger partial charge in [-0.3, -0.25) is 4.79 Å². The van der Waals surface area contributed by atoms with Gasteiger partial charge in [0.05, 0.1) is 11.9 Å². The van der Waals surface area contributed by atoms with Gasteiger partial charge in [0.2, 0.25) is 0 Å². The number of nitrogens with zero attached hydrogens (tertiary/aromatic N) is 1. The average Bonchev–Trinajstić information content (AvgIpc) is 3.12. The van der Waals surface area contributed by atoms with Gasteiger partial charge in [-0.05, 0) is 50.5 Å². The van der Waals surface area contributed by atoms with Gasteiger partial charge in [0, 0.05) is 10.9 Å². The molecule has 2 aliphatic carbocycles. The Labute approximate surface area is 128 Å². The van der Waals surface area contributed by atoms with Gasteiger partial charge in [-0.15, -0.1) is 11.3 Å². The van der Waals surface area contributed by atoms with Crippen LogP contribution in [0.25, 0.3) is 10.2 Å². The van der Waals surface area contributed by atoms with Crippen molar-refractivity contribution in [2.24, 2.45) is 11.8 Å². The fourth-order valence-corrected chi connectivity index (χ4v) is 5.15. The highest BCUT2D eigenvalue weighted by Gasteiger charge is 2.39. The molecule has 5 heteroatoms.